The summed E-state index contributed by atoms with van der Waals surface area (Å²) >= 11 is 12.0. The first kappa shape index (κ1) is 13.2. The first-order chi connectivity index (χ1) is 8.39. The quantitative estimate of drug-likeness (QED) is 0.746. The largest absolute Gasteiger partial charge is 0.466 e. The molecule has 0 N–H and O–H groups in total. The molecule has 4 nitrogen and oxygen atoms in total. The number of cyclic esters (lactones) is 1. The number of benzene rings is 1. The molecule has 1 atom stereocenters. The lowest BCUT2D eigenvalue weighted by Gasteiger charge is -2.32. The summed E-state index contributed by atoms with van der Waals surface area (Å²) in [7, 11) is 1.23. The molecular formula is C12H10Cl2O4. The Morgan fingerprint density at radius 3 is 2.72 bits per heavy atom. The third-order valence-corrected chi connectivity index (χ3v) is 3.71. The Hall–Kier alpha value is -1.26. The predicted octanol–water partition coefficient (Wildman–Crippen LogP) is 2.64. The van der Waals surface area contributed by atoms with Gasteiger partial charge in [-0.1, -0.05) is 23.2 Å². The maximum absolute atomic E-state index is 11.9. The molecule has 0 radical (unpaired) electrons. The van der Waals surface area contributed by atoms with Crippen LogP contribution in [0.1, 0.15) is 22.8 Å². The van der Waals surface area contributed by atoms with E-state index in [-0.39, 0.29) is 11.4 Å². The number of esters is 2. The zero-order valence-electron chi connectivity index (χ0n) is 9.75. The smallest absolute Gasteiger partial charge is 0.350 e. The second-order valence-electron chi connectivity index (χ2n) is 4.18. The van der Waals surface area contributed by atoms with Gasteiger partial charge in [-0.05, 0) is 24.6 Å². The summed E-state index contributed by atoms with van der Waals surface area (Å²) in [5.74, 6) is -1.24. The van der Waals surface area contributed by atoms with Gasteiger partial charge in [0.25, 0.3) is 0 Å². The van der Waals surface area contributed by atoms with Gasteiger partial charge >= 0.3 is 11.9 Å². The third kappa shape index (κ3) is 1.95. The lowest BCUT2D eigenvalue weighted by molar-refractivity contribution is -0.161. The van der Waals surface area contributed by atoms with Crippen LogP contribution in [0.3, 0.4) is 0 Å². The van der Waals surface area contributed by atoms with Crippen molar-refractivity contribution in [2.75, 3.05) is 7.11 Å². The summed E-state index contributed by atoms with van der Waals surface area (Å²) < 4.78 is 9.77. The van der Waals surface area contributed by atoms with E-state index in [1.165, 1.54) is 26.2 Å². The van der Waals surface area contributed by atoms with Gasteiger partial charge in [-0.2, -0.15) is 0 Å². The van der Waals surface area contributed by atoms with Crippen molar-refractivity contribution in [3.05, 3.63) is 33.3 Å². The fraction of sp³-hybridized carbons (Fsp3) is 0.333. The zero-order valence-corrected chi connectivity index (χ0v) is 11.3. The molecule has 1 aromatic rings. The molecule has 0 aliphatic carbocycles. The first-order valence-corrected chi connectivity index (χ1v) is 5.93. The van der Waals surface area contributed by atoms with Crippen LogP contribution in [0, 0.1) is 0 Å². The van der Waals surface area contributed by atoms with E-state index in [0.717, 1.165) is 0 Å². The summed E-state index contributed by atoms with van der Waals surface area (Å²) in [5, 5.41) is 0.596. The summed E-state index contributed by atoms with van der Waals surface area (Å²) in [6, 6.07) is 3.05. The number of halogens is 2. The van der Waals surface area contributed by atoms with E-state index in [1.54, 1.807) is 0 Å². The van der Waals surface area contributed by atoms with Crippen molar-refractivity contribution in [3.63, 3.8) is 0 Å². The van der Waals surface area contributed by atoms with Crippen LogP contribution < -0.4 is 0 Å². The molecule has 0 saturated heterocycles. The number of carbonyl (C=O) groups is 2. The molecule has 0 saturated carbocycles. The SMILES string of the molecule is COC(=O)C1(C)Cc2c(ccc(Cl)c2Cl)C(=O)O1. The Bertz CT molecular complexity index is 541. The Morgan fingerprint density at radius 2 is 2.11 bits per heavy atom. The highest BCUT2D eigenvalue weighted by Gasteiger charge is 2.44. The van der Waals surface area contributed by atoms with Gasteiger partial charge in [0.05, 0.1) is 22.7 Å². The van der Waals surface area contributed by atoms with Crippen LogP contribution >= 0.6 is 23.2 Å². The van der Waals surface area contributed by atoms with Crippen molar-refractivity contribution in [2.24, 2.45) is 0 Å². The topological polar surface area (TPSA) is 52.6 Å². The van der Waals surface area contributed by atoms with Crippen molar-refractivity contribution < 1.29 is 19.1 Å². The minimum absolute atomic E-state index is 0.139. The predicted molar refractivity (Wildman–Crippen MR) is 66.0 cm³/mol. The fourth-order valence-electron chi connectivity index (χ4n) is 1.92. The molecule has 6 heteroatoms. The molecule has 18 heavy (non-hydrogen) atoms. The van der Waals surface area contributed by atoms with Gasteiger partial charge in [-0.15, -0.1) is 0 Å². The van der Waals surface area contributed by atoms with E-state index in [1.807, 2.05) is 0 Å². The molecule has 0 amide bonds. The van der Waals surface area contributed by atoms with Crippen molar-refractivity contribution in [2.45, 2.75) is 18.9 Å². The van der Waals surface area contributed by atoms with Crippen molar-refractivity contribution in [3.8, 4) is 0 Å². The lowest BCUT2D eigenvalue weighted by atomic mass is 9.90. The van der Waals surface area contributed by atoms with Crippen molar-refractivity contribution >= 4 is 35.1 Å². The summed E-state index contributed by atoms with van der Waals surface area (Å²) in [6.07, 6.45) is 0.139. The van der Waals surface area contributed by atoms with E-state index in [0.29, 0.717) is 16.1 Å². The van der Waals surface area contributed by atoms with E-state index in [9.17, 15) is 9.59 Å². The number of carbonyl (C=O) groups excluding carboxylic acids is 2. The Labute approximate surface area is 114 Å². The zero-order chi connectivity index (χ0) is 13.5. The van der Waals surface area contributed by atoms with Crippen LogP contribution in [0.5, 0.6) is 0 Å². The molecule has 0 spiro atoms. The maximum atomic E-state index is 11.9. The van der Waals surface area contributed by atoms with Gasteiger partial charge in [0.2, 0.25) is 5.60 Å². The van der Waals surface area contributed by atoms with E-state index in [2.05, 4.69) is 4.74 Å². The number of rotatable bonds is 1. The molecule has 2 rings (SSSR count). The molecule has 0 bridgehead atoms. The van der Waals surface area contributed by atoms with Gasteiger partial charge in [0.15, 0.2) is 0 Å². The second-order valence-corrected chi connectivity index (χ2v) is 4.96. The maximum Gasteiger partial charge on any atom is 0.350 e. The van der Waals surface area contributed by atoms with Gasteiger partial charge in [-0.3, -0.25) is 0 Å². The van der Waals surface area contributed by atoms with Gasteiger partial charge in [-0.25, -0.2) is 9.59 Å². The van der Waals surface area contributed by atoms with Crippen LogP contribution in [0.25, 0.3) is 0 Å². The van der Waals surface area contributed by atoms with Crippen LogP contribution in [-0.2, 0) is 20.7 Å². The average molecular weight is 289 g/mol. The summed E-state index contributed by atoms with van der Waals surface area (Å²) in [6.45, 7) is 1.48. The molecule has 1 aromatic carbocycles. The van der Waals surface area contributed by atoms with Crippen LogP contribution in [-0.4, -0.2) is 24.6 Å². The molecule has 0 aromatic heterocycles. The minimum Gasteiger partial charge on any atom is -0.466 e. The normalized spacial score (nSPS) is 22.1. The highest BCUT2D eigenvalue weighted by molar-refractivity contribution is 6.42. The number of hydrogen-bond donors (Lipinski definition) is 0. The van der Waals surface area contributed by atoms with Crippen LogP contribution in [0.4, 0.5) is 0 Å². The molecular weight excluding hydrogens is 279 g/mol. The first-order valence-electron chi connectivity index (χ1n) is 5.17. The molecule has 1 unspecified atom stereocenters. The highest BCUT2D eigenvalue weighted by atomic mass is 35.5. The van der Waals surface area contributed by atoms with Crippen molar-refractivity contribution in [1.29, 1.82) is 0 Å². The molecule has 1 aliphatic rings. The fourth-order valence-corrected chi connectivity index (χ4v) is 2.33. The molecule has 0 fully saturated rings. The van der Waals surface area contributed by atoms with E-state index >= 15 is 0 Å². The number of methoxy groups -OCH3 is 1. The molecule has 1 heterocycles. The lowest BCUT2D eigenvalue weighted by Crippen LogP contribution is -2.46. The molecule has 96 valence electrons. The Kier molecular flexibility index (Phi) is 3.25. The average Bonchev–Trinajstić information content (AvgIpc) is 2.33. The third-order valence-electron chi connectivity index (χ3n) is 2.87. The Balaban J connectivity index is 2.54. The minimum atomic E-state index is -1.37. The standard InChI is InChI=1S/C12H10Cl2O4/c1-12(11(16)17-2)5-7-6(10(15)18-12)3-4-8(13)9(7)14/h3-4H,5H2,1-2H3. The van der Waals surface area contributed by atoms with Gasteiger partial charge in [0, 0.05) is 6.42 Å². The van der Waals surface area contributed by atoms with Crippen molar-refractivity contribution in [1.82, 2.24) is 0 Å². The number of hydrogen-bond acceptors (Lipinski definition) is 4. The van der Waals surface area contributed by atoms with Crippen LogP contribution in [0.15, 0.2) is 12.1 Å². The second kappa shape index (κ2) is 4.44. The van der Waals surface area contributed by atoms with Crippen LogP contribution in [0.2, 0.25) is 10.0 Å². The monoisotopic (exact) mass is 288 g/mol. The highest BCUT2D eigenvalue weighted by Crippen LogP contribution is 2.36. The Morgan fingerprint density at radius 1 is 1.44 bits per heavy atom. The summed E-state index contributed by atoms with van der Waals surface area (Å²) in [5.41, 5.74) is -0.535. The molecule has 1 aliphatic heterocycles. The number of fused-ring (bicyclic) bond motifs is 1. The van der Waals surface area contributed by atoms with Gasteiger partial charge < -0.3 is 9.47 Å². The number of ether oxygens (including phenoxy) is 2. The van der Waals surface area contributed by atoms with E-state index < -0.39 is 17.5 Å². The van der Waals surface area contributed by atoms with E-state index in [4.69, 9.17) is 27.9 Å². The van der Waals surface area contributed by atoms with Gasteiger partial charge in [0.1, 0.15) is 0 Å². The summed E-state index contributed by atoms with van der Waals surface area (Å²) in [4.78, 5) is 23.5.